The molecular weight excluding hydrogens is 362 g/mol. The fourth-order valence-electron chi connectivity index (χ4n) is 3.65. The Morgan fingerprint density at radius 3 is 2.37 bits per heavy atom. The van der Waals surface area contributed by atoms with Crippen molar-refractivity contribution < 1.29 is 14.3 Å². The number of amides is 1. The highest BCUT2D eigenvalue weighted by Gasteiger charge is 2.26. The van der Waals surface area contributed by atoms with Crippen LogP contribution in [0.3, 0.4) is 0 Å². The average molecular weight is 385 g/mol. The van der Waals surface area contributed by atoms with Crippen molar-refractivity contribution in [2.75, 3.05) is 27.3 Å². The van der Waals surface area contributed by atoms with Crippen LogP contribution >= 0.6 is 11.3 Å². The summed E-state index contributed by atoms with van der Waals surface area (Å²) in [6, 6.07) is 6.03. The van der Waals surface area contributed by atoms with Gasteiger partial charge in [-0.15, -0.1) is 0 Å². The summed E-state index contributed by atoms with van der Waals surface area (Å²) in [6.07, 6.45) is 5.71. The zero-order chi connectivity index (χ0) is 19.0. The molecule has 1 aromatic carbocycles. The standard InChI is InChI=1S/C20H23N3O3S/c1-13-11-23-12-18(27-20(23)21-13)19(24)22-6-4-14(5-7-22)15-8-16(25-2)10-17(9-15)26-3/h8-12,14H,4-7H2,1-3H3. The molecule has 0 spiro atoms. The molecular formula is C20H23N3O3S. The molecule has 3 aromatic rings. The minimum absolute atomic E-state index is 0.102. The number of carbonyl (C=O) groups excluding carboxylic acids is 1. The number of aryl methyl sites for hydroxylation is 1. The van der Waals surface area contributed by atoms with Gasteiger partial charge in [0, 0.05) is 31.5 Å². The van der Waals surface area contributed by atoms with Crippen molar-refractivity contribution in [2.24, 2.45) is 0 Å². The van der Waals surface area contributed by atoms with E-state index in [-0.39, 0.29) is 5.91 Å². The van der Waals surface area contributed by atoms with Crippen LogP contribution in [0.25, 0.3) is 4.96 Å². The second-order valence-corrected chi connectivity index (χ2v) is 7.89. The fraction of sp³-hybridized carbons (Fsp3) is 0.400. The van der Waals surface area contributed by atoms with Crippen molar-refractivity contribution in [1.29, 1.82) is 0 Å². The first-order valence-corrected chi connectivity index (χ1v) is 9.86. The SMILES string of the molecule is COc1cc(OC)cc(C2CCN(C(=O)c3cn4cc(C)nc4s3)CC2)c1. The van der Waals surface area contributed by atoms with E-state index in [1.807, 2.05) is 34.7 Å². The van der Waals surface area contributed by atoms with Gasteiger partial charge >= 0.3 is 0 Å². The molecule has 7 heteroatoms. The van der Waals surface area contributed by atoms with Crippen LogP contribution in [-0.2, 0) is 0 Å². The predicted octanol–water partition coefficient (Wildman–Crippen LogP) is 3.74. The molecule has 6 nitrogen and oxygen atoms in total. The molecule has 0 saturated carbocycles. The first kappa shape index (κ1) is 17.9. The Morgan fingerprint density at radius 2 is 1.78 bits per heavy atom. The average Bonchev–Trinajstić information content (AvgIpc) is 3.24. The number of methoxy groups -OCH3 is 2. The zero-order valence-corrected chi connectivity index (χ0v) is 16.6. The third-order valence-corrected chi connectivity index (χ3v) is 6.10. The fourth-order valence-corrected chi connectivity index (χ4v) is 4.63. The van der Waals surface area contributed by atoms with Crippen molar-refractivity contribution >= 4 is 22.2 Å². The lowest BCUT2D eigenvalue weighted by Crippen LogP contribution is -2.37. The number of benzene rings is 1. The van der Waals surface area contributed by atoms with E-state index < -0.39 is 0 Å². The lowest BCUT2D eigenvalue weighted by atomic mass is 9.89. The smallest absolute Gasteiger partial charge is 0.265 e. The van der Waals surface area contributed by atoms with Crippen molar-refractivity contribution in [2.45, 2.75) is 25.7 Å². The molecule has 0 N–H and O–H groups in total. The van der Waals surface area contributed by atoms with Crippen LogP contribution in [0.15, 0.2) is 30.6 Å². The van der Waals surface area contributed by atoms with Crippen LogP contribution < -0.4 is 9.47 Å². The second kappa shape index (κ2) is 7.23. The maximum Gasteiger partial charge on any atom is 0.265 e. The number of hydrogen-bond acceptors (Lipinski definition) is 5. The Kier molecular flexibility index (Phi) is 4.78. The summed E-state index contributed by atoms with van der Waals surface area (Å²) >= 11 is 1.45. The highest BCUT2D eigenvalue weighted by molar-refractivity contribution is 7.18. The number of carbonyl (C=O) groups is 1. The van der Waals surface area contributed by atoms with Crippen LogP contribution in [0.4, 0.5) is 0 Å². The summed E-state index contributed by atoms with van der Waals surface area (Å²) in [4.78, 5) is 20.9. The van der Waals surface area contributed by atoms with E-state index in [0.717, 1.165) is 53.0 Å². The van der Waals surface area contributed by atoms with E-state index >= 15 is 0 Å². The van der Waals surface area contributed by atoms with E-state index in [1.54, 1.807) is 14.2 Å². The third-order valence-electron chi connectivity index (χ3n) is 5.11. The van der Waals surface area contributed by atoms with Gasteiger partial charge in [0.15, 0.2) is 4.96 Å². The molecule has 3 heterocycles. The molecule has 142 valence electrons. The van der Waals surface area contributed by atoms with E-state index in [0.29, 0.717) is 5.92 Å². The van der Waals surface area contributed by atoms with E-state index in [9.17, 15) is 4.79 Å². The minimum atomic E-state index is 0.102. The number of fused-ring (bicyclic) bond motifs is 1. The summed E-state index contributed by atoms with van der Waals surface area (Å²) in [5, 5.41) is 0. The van der Waals surface area contributed by atoms with Crippen molar-refractivity contribution in [3.8, 4) is 11.5 Å². The molecule has 0 unspecified atom stereocenters. The van der Waals surface area contributed by atoms with Crippen LogP contribution in [-0.4, -0.2) is 47.5 Å². The summed E-state index contributed by atoms with van der Waals surface area (Å²) < 4.78 is 12.7. The van der Waals surface area contributed by atoms with Crippen molar-refractivity contribution in [1.82, 2.24) is 14.3 Å². The van der Waals surface area contributed by atoms with Gasteiger partial charge in [0.1, 0.15) is 16.4 Å². The largest absolute Gasteiger partial charge is 0.497 e. The van der Waals surface area contributed by atoms with Crippen molar-refractivity contribution in [3.63, 3.8) is 0 Å². The number of piperidine rings is 1. The quantitative estimate of drug-likeness (QED) is 0.686. The van der Waals surface area contributed by atoms with Gasteiger partial charge in [-0.05, 0) is 43.4 Å². The normalized spacial score (nSPS) is 15.3. The molecule has 0 radical (unpaired) electrons. The van der Waals surface area contributed by atoms with Gasteiger partial charge in [0.05, 0.1) is 19.9 Å². The Morgan fingerprint density at radius 1 is 1.11 bits per heavy atom. The van der Waals surface area contributed by atoms with Crippen LogP contribution in [0.2, 0.25) is 0 Å². The first-order valence-electron chi connectivity index (χ1n) is 9.04. The molecule has 1 saturated heterocycles. The van der Waals surface area contributed by atoms with Crippen LogP contribution in [0, 0.1) is 6.92 Å². The minimum Gasteiger partial charge on any atom is -0.497 e. The molecule has 1 amide bonds. The summed E-state index contributed by atoms with van der Waals surface area (Å²) in [5.74, 6) is 2.12. The number of imidazole rings is 1. The number of likely N-dealkylation sites (tertiary alicyclic amines) is 1. The molecule has 0 atom stereocenters. The van der Waals surface area contributed by atoms with Gasteiger partial charge in [-0.2, -0.15) is 0 Å². The lowest BCUT2D eigenvalue weighted by molar-refractivity contribution is 0.0717. The Hall–Kier alpha value is -2.54. The van der Waals surface area contributed by atoms with E-state index in [2.05, 4.69) is 17.1 Å². The highest BCUT2D eigenvalue weighted by Crippen LogP contribution is 2.34. The number of hydrogen-bond donors (Lipinski definition) is 0. The summed E-state index contributed by atoms with van der Waals surface area (Å²) in [6.45, 7) is 3.46. The Labute approximate surface area is 162 Å². The number of nitrogens with zero attached hydrogens (tertiary/aromatic N) is 3. The van der Waals surface area contributed by atoms with Gasteiger partial charge in [-0.25, -0.2) is 4.98 Å². The molecule has 0 bridgehead atoms. The van der Waals surface area contributed by atoms with Gasteiger partial charge < -0.3 is 14.4 Å². The van der Waals surface area contributed by atoms with Gasteiger partial charge in [-0.3, -0.25) is 9.20 Å². The number of ether oxygens (including phenoxy) is 2. The summed E-state index contributed by atoms with van der Waals surface area (Å²) in [7, 11) is 3.33. The highest BCUT2D eigenvalue weighted by atomic mass is 32.1. The zero-order valence-electron chi connectivity index (χ0n) is 15.8. The second-order valence-electron chi connectivity index (χ2n) is 6.88. The first-order chi connectivity index (χ1) is 13.1. The monoisotopic (exact) mass is 385 g/mol. The number of thiazole rings is 1. The maximum absolute atomic E-state index is 12.9. The molecule has 4 rings (SSSR count). The third kappa shape index (κ3) is 3.51. The molecule has 27 heavy (non-hydrogen) atoms. The Bertz CT molecular complexity index is 916. The number of rotatable bonds is 4. The number of aromatic nitrogens is 2. The summed E-state index contributed by atoms with van der Waals surface area (Å²) in [5.41, 5.74) is 2.18. The maximum atomic E-state index is 12.9. The van der Waals surface area contributed by atoms with Crippen LogP contribution in [0.1, 0.15) is 39.7 Å². The van der Waals surface area contributed by atoms with Gasteiger partial charge in [0.25, 0.3) is 5.91 Å². The van der Waals surface area contributed by atoms with Gasteiger partial charge in [0.2, 0.25) is 0 Å². The molecule has 1 fully saturated rings. The molecule has 1 aliphatic heterocycles. The molecule has 0 aliphatic carbocycles. The Balaban J connectivity index is 1.45. The predicted molar refractivity (Wildman–Crippen MR) is 105 cm³/mol. The topological polar surface area (TPSA) is 56.1 Å². The van der Waals surface area contributed by atoms with Crippen LogP contribution in [0.5, 0.6) is 11.5 Å². The van der Waals surface area contributed by atoms with E-state index in [4.69, 9.17) is 9.47 Å². The molecule has 1 aliphatic rings. The molecule has 2 aromatic heterocycles. The lowest BCUT2D eigenvalue weighted by Gasteiger charge is -2.32. The van der Waals surface area contributed by atoms with Crippen molar-refractivity contribution in [3.05, 3.63) is 46.7 Å². The van der Waals surface area contributed by atoms with Gasteiger partial charge in [-0.1, -0.05) is 11.3 Å². The van der Waals surface area contributed by atoms with E-state index in [1.165, 1.54) is 16.9 Å².